The molecule has 0 spiro atoms. The monoisotopic (exact) mass is 428 g/mol. The molecule has 3 aromatic heterocycles. The molecule has 6 nitrogen and oxygen atoms in total. The van der Waals surface area contributed by atoms with Gasteiger partial charge in [0.05, 0.1) is 12.0 Å². The minimum Gasteiger partial charge on any atom is -0.336 e. The number of nitrogens with zero attached hydrogens (tertiary/aromatic N) is 5. The van der Waals surface area contributed by atoms with Crippen molar-refractivity contribution in [1.82, 2.24) is 29.9 Å². The summed E-state index contributed by atoms with van der Waals surface area (Å²) in [6.45, 7) is 0.558. The van der Waals surface area contributed by atoms with Crippen LogP contribution in [-0.2, 0) is 19.1 Å². The van der Waals surface area contributed by atoms with E-state index in [1.165, 1.54) is 24.4 Å². The van der Waals surface area contributed by atoms with Gasteiger partial charge in [-0.25, -0.2) is 9.37 Å². The Bertz CT molecular complexity index is 1240. The third-order valence-corrected chi connectivity index (χ3v) is 5.49. The normalized spacial score (nSPS) is 15.9. The van der Waals surface area contributed by atoms with Crippen molar-refractivity contribution in [1.29, 1.82) is 0 Å². The molecule has 0 saturated carbocycles. The fourth-order valence-corrected chi connectivity index (χ4v) is 4.11. The first-order chi connectivity index (χ1) is 14.9. The summed E-state index contributed by atoms with van der Waals surface area (Å²) < 4.78 is 55.6. The predicted octanol–water partition coefficient (Wildman–Crippen LogP) is 4.62. The maximum Gasteiger partial charge on any atom is 0.437 e. The highest BCUT2D eigenvalue weighted by molar-refractivity contribution is 5.67. The van der Waals surface area contributed by atoms with Crippen molar-refractivity contribution in [2.75, 3.05) is 0 Å². The summed E-state index contributed by atoms with van der Waals surface area (Å²) in [5.41, 5.74) is 1.55. The number of halogens is 4. The number of H-pyrrole nitrogens is 1. The standard InChI is InChI=1S/C21H16F4N6/c22-15-3-1-2-12-4-5-14(18(12)15)9-31-10-17(27-11-31)16-8-13(6-7-26-16)19-20(21(23,24)25)29-30-28-19/h1-3,6-8,10-11,14H,4-5,9H2,(H,28,29,30)/t14-/m0/s1. The lowest BCUT2D eigenvalue weighted by molar-refractivity contribution is -0.140. The van der Waals surface area contributed by atoms with Crippen LogP contribution in [0.15, 0.2) is 49.1 Å². The molecule has 31 heavy (non-hydrogen) atoms. The van der Waals surface area contributed by atoms with Gasteiger partial charge >= 0.3 is 6.18 Å². The number of imidazole rings is 1. The number of hydrogen-bond donors (Lipinski definition) is 1. The molecular formula is C21H16F4N6. The number of aryl methyl sites for hydroxylation is 1. The van der Waals surface area contributed by atoms with E-state index in [9.17, 15) is 17.6 Å². The van der Waals surface area contributed by atoms with Crippen molar-refractivity contribution < 1.29 is 17.6 Å². The summed E-state index contributed by atoms with van der Waals surface area (Å²) >= 11 is 0. The number of aromatic amines is 1. The minimum absolute atomic E-state index is 0.0435. The van der Waals surface area contributed by atoms with E-state index >= 15 is 0 Å². The van der Waals surface area contributed by atoms with Gasteiger partial charge in [0.15, 0.2) is 5.69 Å². The van der Waals surface area contributed by atoms with E-state index in [1.54, 1.807) is 18.6 Å². The Morgan fingerprint density at radius 2 is 1.97 bits per heavy atom. The van der Waals surface area contributed by atoms with Gasteiger partial charge in [0.1, 0.15) is 17.2 Å². The molecule has 0 unspecified atom stereocenters. The molecule has 1 N–H and O–H groups in total. The number of rotatable bonds is 4. The van der Waals surface area contributed by atoms with Gasteiger partial charge in [-0.3, -0.25) is 4.98 Å². The zero-order valence-corrected chi connectivity index (χ0v) is 16.1. The molecule has 5 rings (SSSR count). The molecule has 0 bridgehead atoms. The van der Waals surface area contributed by atoms with Gasteiger partial charge in [-0.1, -0.05) is 12.1 Å². The number of alkyl halides is 3. The van der Waals surface area contributed by atoms with E-state index in [2.05, 4.69) is 20.2 Å². The highest BCUT2D eigenvalue weighted by atomic mass is 19.4. The Hall–Kier alpha value is -3.56. The molecule has 4 aromatic rings. The van der Waals surface area contributed by atoms with E-state index in [0.29, 0.717) is 17.9 Å². The van der Waals surface area contributed by atoms with Crippen molar-refractivity contribution in [3.05, 3.63) is 71.7 Å². The van der Waals surface area contributed by atoms with Crippen LogP contribution in [0.2, 0.25) is 0 Å². The zero-order chi connectivity index (χ0) is 21.6. The summed E-state index contributed by atoms with van der Waals surface area (Å²) in [5, 5.41) is 8.90. The first-order valence-electron chi connectivity index (χ1n) is 9.64. The largest absolute Gasteiger partial charge is 0.437 e. The number of aromatic nitrogens is 6. The van der Waals surface area contributed by atoms with Crippen LogP contribution in [0, 0.1) is 5.82 Å². The van der Waals surface area contributed by atoms with E-state index in [4.69, 9.17) is 0 Å². The molecule has 1 aliphatic carbocycles. The second-order valence-electron chi connectivity index (χ2n) is 7.45. The van der Waals surface area contributed by atoms with E-state index in [-0.39, 0.29) is 23.0 Å². The van der Waals surface area contributed by atoms with Crippen LogP contribution in [0.5, 0.6) is 0 Å². The Morgan fingerprint density at radius 3 is 2.81 bits per heavy atom. The number of fused-ring (bicyclic) bond motifs is 1. The van der Waals surface area contributed by atoms with Crippen LogP contribution in [-0.4, -0.2) is 29.9 Å². The summed E-state index contributed by atoms with van der Waals surface area (Å²) in [7, 11) is 0. The quantitative estimate of drug-likeness (QED) is 0.482. The fourth-order valence-electron chi connectivity index (χ4n) is 4.11. The molecule has 158 valence electrons. The predicted molar refractivity (Wildman–Crippen MR) is 103 cm³/mol. The van der Waals surface area contributed by atoms with Crippen molar-refractivity contribution in [3.8, 4) is 22.6 Å². The van der Waals surface area contributed by atoms with Crippen LogP contribution < -0.4 is 0 Å². The average molecular weight is 428 g/mol. The van der Waals surface area contributed by atoms with Crippen LogP contribution in [0.25, 0.3) is 22.6 Å². The third kappa shape index (κ3) is 3.58. The first kappa shape index (κ1) is 19.4. The van der Waals surface area contributed by atoms with Gasteiger partial charge in [-0.05, 0) is 42.2 Å². The van der Waals surface area contributed by atoms with Gasteiger partial charge in [-0.2, -0.15) is 28.6 Å². The number of pyridine rings is 1. The highest BCUT2D eigenvalue weighted by Gasteiger charge is 2.38. The Morgan fingerprint density at radius 1 is 1.10 bits per heavy atom. The number of nitrogens with one attached hydrogen (secondary N) is 1. The Kier molecular flexibility index (Phi) is 4.57. The maximum absolute atomic E-state index is 14.3. The van der Waals surface area contributed by atoms with Gasteiger partial charge in [-0.15, -0.1) is 0 Å². The molecular weight excluding hydrogens is 412 g/mol. The number of hydrogen-bond acceptors (Lipinski definition) is 4. The maximum atomic E-state index is 14.3. The number of benzene rings is 1. The molecule has 0 saturated heterocycles. The van der Waals surface area contributed by atoms with Crippen molar-refractivity contribution in [2.45, 2.75) is 31.5 Å². The van der Waals surface area contributed by atoms with Crippen molar-refractivity contribution in [3.63, 3.8) is 0 Å². The molecule has 0 fully saturated rings. The molecule has 1 atom stereocenters. The topological polar surface area (TPSA) is 72.3 Å². The summed E-state index contributed by atoms with van der Waals surface area (Å²) in [5.74, 6) is -0.148. The third-order valence-electron chi connectivity index (χ3n) is 5.49. The van der Waals surface area contributed by atoms with Gasteiger partial charge < -0.3 is 4.57 Å². The molecule has 0 aliphatic heterocycles. The summed E-state index contributed by atoms with van der Waals surface area (Å²) in [4.78, 5) is 8.57. The minimum atomic E-state index is -4.62. The second-order valence-corrected chi connectivity index (χ2v) is 7.45. The highest BCUT2D eigenvalue weighted by Crippen LogP contribution is 2.37. The Balaban J connectivity index is 1.41. The lowest BCUT2D eigenvalue weighted by Crippen LogP contribution is -2.07. The second kappa shape index (κ2) is 7.29. The molecule has 1 aliphatic rings. The van der Waals surface area contributed by atoms with Crippen LogP contribution in [0.4, 0.5) is 17.6 Å². The van der Waals surface area contributed by atoms with E-state index in [1.807, 2.05) is 15.8 Å². The van der Waals surface area contributed by atoms with Gasteiger partial charge in [0.25, 0.3) is 0 Å². The van der Waals surface area contributed by atoms with Crippen LogP contribution in [0.3, 0.4) is 0 Å². The van der Waals surface area contributed by atoms with Gasteiger partial charge in [0.2, 0.25) is 0 Å². The lowest BCUT2D eigenvalue weighted by atomic mass is 10.0. The fraction of sp³-hybridized carbons (Fsp3) is 0.238. The first-order valence-corrected chi connectivity index (χ1v) is 9.64. The van der Waals surface area contributed by atoms with Crippen molar-refractivity contribution >= 4 is 0 Å². The molecule has 0 radical (unpaired) electrons. The summed E-state index contributed by atoms with van der Waals surface area (Å²) in [6, 6.07) is 8.08. The molecule has 10 heteroatoms. The lowest BCUT2D eigenvalue weighted by Gasteiger charge is -2.13. The van der Waals surface area contributed by atoms with Gasteiger partial charge in [0, 0.05) is 30.4 Å². The SMILES string of the molecule is Fc1cccc2c1[C@H](Cn1cnc(-c3cc(-c4n[nH]nc4C(F)(F)F)ccn3)c1)CC2. The van der Waals surface area contributed by atoms with Crippen molar-refractivity contribution in [2.24, 2.45) is 0 Å². The van der Waals surface area contributed by atoms with E-state index < -0.39 is 11.9 Å². The zero-order valence-electron chi connectivity index (χ0n) is 16.1. The average Bonchev–Trinajstić information content (AvgIpc) is 3.48. The van der Waals surface area contributed by atoms with E-state index in [0.717, 1.165) is 24.0 Å². The summed E-state index contributed by atoms with van der Waals surface area (Å²) in [6.07, 6.45) is 1.85. The molecule has 1 aromatic carbocycles. The molecule has 3 heterocycles. The molecule has 0 amide bonds. The van der Waals surface area contributed by atoms with Crippen LogP contribution in [0.1, 0.15) is 29.2 Å². The smallest absolute Gasteiger partial charge is 0.336 e. The Labute approximate surface area is 174 Å². The van der Waals surface area contributed by atoms with Crippen LogP contribution >= 0.6 is 0 Å².